The van der Waals surface area contributed by atoms with Crippen LogP contribution in [-0.4, -0.2) is 48.8 Å². The highest BCUT2D eigenvalue weighted by Crippen LogP contribution is 2.31. The van der Waals surface area contributed by atoms with Gasteiger partial charge in [0.1, 0.15) is 0 Å². The minimum atomic E-state index is -0.207. The van der Waals surface area contributed by atoms with Gasteiger partial charge in [0.2, 0.25) is 0 Å². The van der Waals surface area contributed by atoms with E-state index in [4.69, 9.17) is 9.47 Å². The Morgan fingerprint density at radius 3 is 2.65 bits per heavy atom. The van der Waals surface area contributed by atoms with Crippen LogP contribution in [0, 0.1) is 0 Å². The fourth-order valence-corrected chi connectivity index (χ4v) is 4.95. The summed E-state index contributed by atoms with van der Waals surface area (Å²) in [6, 6.07) is 5.10. The Balaban J connectivity index is 1.35. The number of carbonyl (C=O) groups is 2. The van der Waals surface area contributed by atoms with Crippen molar-refractivity contribution in [1.82, 2.24) is 15.2 Å². The van der Waals surface area contributed by atoms with Crippen LogP contribution >= 0.6 is 11.3 Å². The molecule has 0 spiro atoms. The zero-order valence-electron chi connectivity index (χ0n) is 17.7. The van der Waals surface area contributed by atoms with Crippen molar-refractivity contribution in [2.75, 3.05) is 31.4 Å². The molecular formula is C21H27N5O4S. The summed E-state index contributed by atoms with van der Waals surface area (Å²) >= 11 is 1.42. The summed E-state index contributed by atoms with van der Waals surface area (Å²) in [7, 11) is 3.12. The molecule has 0 atom stereocenters. The largest absolute Gasteiger partial charge is 0.493 e. The van der Waals surface area contributed by atoms with Gasteiger partial charge >= 0.3 is 12.1 Å². The average Bonchev–Trinajstić information content (AvgIpc) is 3.41. The first kappa shape index (κ1) is 21.2. The third kappa shape index (κ3) is 5.01. The number of nitrogens with zero attached hydrogens (tertiary/aromatic N) is 2. The number of hydrogen-bond acceptors (Lipinski definition) is 6. The Labute approximate surface area is 185 Å². The smallest absolute Gasteiger partial charge is 0.322 e. The van der Waals surface area contributed by atoms with Gasteiger partial charge in [-0.2, -0.15) is 0 Å². The van der Waals surface area contributed by atoms with Crippen molar-refractivity contribution in [2.24, 2.45) is 0 Å². The monoisotopic (exact) mass is 445 g/mol. The third-order valence-corrected chi connectivity index (χ3v) is 6.56. The first-order valence-electron chi connectivity index (χ1n) is 10.4. The molecule has 1 aliphatic heterocycles. The van der Waals surface area contributed by atoms with Crippen LogP contribution in [0.3, 0.4) is 0 Å². The van der Waals surface area contributed by atoms with Gasteiger partial charge in [-0.1, -0.05) is 24.2 Å². The number of hydrogen-bond donors (Lipinski definition) is 3. The second kappa shape index (κ2) is 9.42. The van der Waals surface area contributed by atoms with E-state index in [-0.39, 0.29) is 18.1 Å². The van der Waals surface area contributed by atoms with Gasteiger partial charge in [0.15, 0.2) is 16.6 Å². The Kier molecular flexibility index (Phi) is 6.45. The molecule has 1 aromatic heterocycles. The summed E-state index contributed by atoms with van der Waals surface area (Å²) in [5.74, 6) is 1.15. The molecule has 166 valence electrons. The quantitative estimate of drug-likeness (QED) is 0.649. The minimum Gasteiger partial charge on any atom is -0.493 e. The number of benzene rings is 1. The van der Waals surface area contributed by atoms with E-state index >= 15 is 0 Å². The molecule has 2 aromatic rings. The van der Waals surface area contributed by atoms with E-state index in [0.29, 0.717) is 41.8 Å². The van der Waals surface area contributed by atoms with Crippen molar-refractivity contribution in [2.45, 2.75) is 44.7 Å². The molecule has 1 aromatic carbocycles. The predicted octanol–water partition coefficient (Wildman–Crippen LogP) is 3.81. The van der Waals surface area contributed by atoms with Gasteiger partial charge in [-0.15, -0.1) is 0 Å². The summed E-state index contributed by atoms with van der Waals surface area (Å²) in [4.78, 5) is 32.2. The van der Waals surface area contributed by atoms with Crippen molar-refractivity contribution in [1.29, 1.82) is 0 Å². The SMILES string of the molecule is COc1ccc(NC(=O)N2CCc3nc(NC(=O)NC4CCCC4)sc3C2)cc1OC. The van der Waals surface area contributed by atoms with E-state index < -0.39 is 0 Å². The van der Waals surface area contributed by atoms with E-state index in [1.807, 2.05) is 0 Å². The topological polar surface area (TPSA) is 105 Å². The number of methoxy groups -OCH3 is 2. The Morgan fingerprint density at radius 1 is 1.13 bits per heavy atom. The number of fused-ring (bicyclic) bond motifs is 1. The van der Waals surface area contributed by atoms with Gasteiger partial charge in [-0.05, 0) is 25.0 Å². The molecule has 1 aliphatic carbocycles. The molecule has 2 aliphatic rings. The third-order valence-electron chi connectivity index (χ3n) is 5.56. The van der Waals surface area contributed by atoms with Crippen LogP contribution in [0.4, 0.5) is 20.4 Å². The van der Waals surface area contributed by atoms with Crippen molar-refractivity contribution in [3.05, 3.63) is 28.8 Å². The molecule has 4 rings (SSSR count). The van der Waals surface area contributed by atoms with Gasteiger partial charge in [-0.3, -0.25) is 5.32 Å². The first-order valence-corrected chi connectivity index (χ1v) is 11.2. The van der Waals surface area contributed by atoms with Crippen LogP contribution in [0.1, 0.15) is 36.3 Å². The zero-order valence-corrected chi connectivity index (χ0v) is 18.5. The highest BCUT2D eigenvalue weighted by atomic mass is 32.1. The number of aromatic nitrogens is 1. The molecule has 0 radical (unpaired) electrons. The van der Waals surface area contributed by atoms with Gasteiger partial charge < -0.3 is 25.0 Å². The number of ether oxygens (including phenoxy) is 2. The lowest BCUT2D eigenvalue weighted by Gasteiger charge is -2.26. The maximum absolute atomic E-state index is 12.8. The highest BCUT2D eigenvalue weighted by molar-refractivity contribution is 7.15. The Hall–Kier alpha value is -3.01. The normalized spacial score (nSPS) is 15.9. The van der Waals surface area contributed by atoms with E-state index in [1.54, 1.807) is 37.3 Å². The molecule has 9 nitrogen and oxygen atoms in total. The van der Waals surface area contributed by atoms with E-state index in [0.717, 1.165) is 36.3 Å². The van der Waals surface area contributed by atoms with Gasteiger partial charge in [0, 0.05) is 35.6 Å². The molecule has 2 heterocycles. The molecule has 0 saturated heterocycles. The van der Waals surface area contributed by atoms with Crippen LogP contribution in [0.2, 0.25) is 0 Å². The van der Waals surface area contributed by atoms with Crippen LogP contribution < -0.4 is 25.4 Å². The zero-order chi connectivity index (χ0) is 21.8. The van der Waals surface area contributed by atoms with Gasteiger partial charge in [0.05, 0.1) is 26.5 Å². The summed E-state index contributed by atoms with van der Waals surface area (Å²) in [5, 5.41) is 9.32. The molecular weight excluding hydrogens is 418 g/mol. The fourth-order valence-electron chi connectivity index (χ4n) is 3.93. The number of nitrogens with one attached hydrogen (secondary N) is 3. The molecule has 1 fully saturated rings. The maximum atomic E-state index is 12.8. The maximum Gasteiger partial charge on any atom is 0.322 e. The van der Waals surface area contributed by atoms with Crippen molar-refractivity contribution < 1.29 is 19.1 Å². The average molecular weight is 446 g/mol. The van der Waals surface area contributed by atoms with Crippen molar-refractivity contribution >= 4 is 34.2 Å². The molecule has 31 heavy (non-hydrogen) atoms. The van der Waals surface area contributed by atoms with Crippen molar-refractivity contribution in [3.63, 3.8) is 0 Å². The molecule has 10 heteroatoms. The Morgan fingerprint density at radius 2 is 1.90 bits per heavy atom. The molecule has 1 saturated carbocycles. The first-order chi connectivity index (χ1) is 15.1. The summed E-state index contributed by atoms with van der Waals surface area (Å²) < 4.78 is 10.5. The van der Waals surface area contributed by atoms with E-state index in [9.17, 15) is 9.59 Å². The van der Waals surface area contributed by atoms with Gasteiger partial charge in [-0.25, -0.2) is 14.6 Å². The van der Waals surface area contributed by atoms with Crippen LogP contribution in [-0.2, 0) is 13.0 Å². The van der Waals surface area contributed by atoms with Crippen molar-refractivity contribution in [3.8, 4) is 11.5 Å². The number of rotatable bonds is 5. The van der Waals surface area contributed by atoms with Gasteiger partial charge in [0.25, 0.3) is 0 Å². The standard InChI is InChI=1S/C21H27N5O4S/c1-29-16-8-7-14(11-17(16)30-2)23-21(28)26-10-9-15-18(12-26)31-20(24-15)25-19(27)22-13-5-3-4-6-13/h7-8,11,13H,3-6,9-10,12H2,1-2H3,(H,23,28)(H2,22,24,25,27). The second-order valence-corrected chi connectivity index (χ2v) is 8.72. The van der Waals surface area contributed by atoms with Crippen LogP contribution in [0.5, 0.6) is 11.5 Å². The molecule has 0 unspecified atom stereocenters. The molecule has 0 bridgehead atoms. The summed E-state index contributed by atoms with van der Waals surface area (Å²) in [5.41, 5.74) is 1.57. The molecule has 3 N–H and O–H groups in total. The fraction of sp³-hybridized carbons (Fsp3) is 0.476. The minimum absolute atomic E-state index is 0.195. The highest BCUT2D eigenvalue weighted by Gasteiger charge is 2.25. The van der Waals surface area contributed by atoms with Crippen LogP contribution in [0.15, 0.2) is 18.2 Å². The number of thiazole rings is 1. The second-order valence-electron chi connectivity index (χ2n) is 7.64. The number of carbonyl (C=O) groups excluding carboxylic acids is 2. The van der Waals surface area contributed by atoms with Crippen LogP contribution in [0.25, 0.3) is 0 Å². The number of anilines is 2. The summed E-state index contributed by atoms with van der Waals surface area (Å²) in [6.07, 6.45) is 5.05. The molecule has 4 amide bonds. The lowest BCUT2D eigenvalue weighted by molar-refractivity contribution is 0.207. The lowest BCUT2D eigenvalue weighted by atomic mass is 10.2. The Bertz CT molecular complexity index is 957. The van der Waals surface area contributed by atoms with E-state index in [1.165, 1.54) is 11.3 Å². The number of urea groups is 2. The number of amides is 4. The predicted molar refractivity (Wildman–Crippen MR) is 119 cm³/mol. The summed E-state index contributed by atoms with van der Waals surface area (Å²) in [6.45, 7) is 1.02. The van der Waals surface area contributed by atoms with E-state index in [2.05, 4.69) is 20.9 Å². The lowest BCUT2D eigenvalue weighted by Crippen LogP contribution is -2.38.